The van der Waals surface area contributed by atoms with Crippen molar-refractivity contribution in [3.8, 4) is 0 Å². The predicted molar refractivity (Wildman–Crippen MR) is 112 cm³/mol. The minimum Gasteiger partial charge on any atom is -0.352 e. The molecule has 2 fully saturated rings. The summed E-state index contributed by atoms with van der Waals surface area (Å²) in [5.41, 5.74) is 2.74. The fraction of sp³-hybridized carbons (Fsp3) is 0.545. The lowest BCUT2D eigenvalue weighted by atomic mass is 9.95. The number of carbonyl (C=O) groups excluding carboxylic acids is 1. The van der Waals surface area contributed by atoms with E-state index in [0.717, 1.165) is 44.7 Å². The van der Waals surface area contributed by atoms with E-state index in [1.165, 1.54) is 30.4 Å². The van der Waals surface area contributed by atoms with Crippen LogP contribution >= 0.6 is 0 Å². The van der Waals surface area contributed by atoms with E-state index in [1.807, 2.05) is 6.07 Å². The number of benzene rings is 1. The van der Waals surface area contributed by atoms with Gasteiger partial charge in [0.2, 0.25) is 5.91 Å². The Balaban J connectivity index is 1.43. The first kappa shape index (κ1) is 19.5. The summed E-state index contributed by atoms with van der Waals surface area (Å²) < 4.78 is 0. The van der Waals surface area contributed by atoms with Gasteiger partial charge in [0.25, 0.3) is 0 Å². The van der Waals surface area contributed by atoms with Gasteiger partial charge in [0.15, 0.2) is 5.96 Å². The van der Waals surface area contributed by atoms with Gasteiger partial charge >= 0.3 is 0 Å². The second-order valence-electron chi connectivity index (χ2n) is 7.50. The molecule has 1 aliphatic carbocycles. The Labute approximate surface area is 162 Å². The molecule has 0 aromatic heterocycles. The molecule has 1 heterocycles. The number of nitrogens with zero attached hydrogens (tertiary/aromatic N) is 2. The van der Waals surface area contributed by atoms with Crippen LogP contribution in [0.5, 0.6) is 0 Å². The average molecular weight is 369 g/mol. The molecule has 2 N–H and O–H groups in total. The Morgan fingerprint density at radius 3 is 2.52 bits per heavy atom. The van der Waals surface area contributed by atoms with Crippen LogP contribution in [0.25, 0.3) is 6.08 Å². The zero-order valence-electron chi connectivity index (χ0n) is 16.4. The van der Waals surface area contributed by atoms with E-state index in [0.29, 0.717) is 12.6 Å². The zero-order valence-corrected chi connectivity index (χ0v) is 16.4. The van der Waals surface area contributed by atoms with Gasteiger partial charge in [-0.3, -0.25) is 9.79 Å². The average Bonchev–Trinajstić information content (AvgIpc) is 2.71. The first-order chi connectivity index (χ1) is 13.2. The highest BCUT2D eigenvalue weighted by atomic mass is 16.2. The van der Waals surface area contributed by atoms with Crippen LogP contribution in [0, 0.1) is 0 Å². The lowest BCUT2D eigenvalue weighted by Gasteiger charge is -2.31. The van der Waals surface area contributed by atoms with E-state index >= 15 is 0 Å². The van der Waals surface area contributed by atoms with E-state index in [4.69, 9.17) is 0 Å². The Kier molecular flexibility index (Phi) is 7.31. The highest BCUT2D eigenvalue weighted by Crippen LogP contribution is 2.19. The van der Waals surface area contributed by atoms with Crippen LogP contribution in [0.4, 0.5) is 0 Å². The van der Waals surface area contributed by atoms with Crippen LogP contribution in [0.2, 0.25) is 0 Å². The van der Waals surface area contributed by atoms with E-state index in [1.54, 1.807) is 7.05 Å². The number of aliphatic imine (C=N–C) groups is 1. The fourth-order valence-electron chi connectivity index (χ4n) is 3.95. The van der Waals surface area contributed by atoms with Crippen LogP contribution < -0.4 is 10.6 Å². The Hall–Kier alpha value is -2.30. The molecule has 1 saturated carbocycles. The van der Waals surface area contributed by atoms with Crippen LogP contribution in [-0.2, 0) is 4.79 Å². The molecule has 0 radical (unpaired) electrons. The van der Waals surface area contributed by atoms with E-state index in [-0.39, 0.29) is 5.91 Å². The molecule has 2 aliphatic rings. The number of hydrogen-bond donors (Lipinski definition) is 2. The van der Waals surface area contributed by atoms with Gasteiger partial charge in [-0.25, -0.2) is 0 Å². The van der Waals surface area contributed by atoms with E-state index in [2.05, 4.69) is 50.9 Å². The number of carbonyl (C=O) groups is 1. The summed E-state index contributed by atoms with van der Waals surface area (Å²) in [6.07, 6.45) is 10.3. The van der Waals surface area contributed by atoms with Crippen molar-refractivity contribution in [3.63, 3.8) is 0 Å². The molecule has 0 atom stereocenters. The molecule has 0 bridgehead atoms. The Morgan fingerprint density at radius 2 is 1.85 bits per heavy atom. The van der Waals surface area contributed by atoms with Gasteiger partial charge in [-0.2, -0.15) is 0 Å². The van der Waals surface area contributed by atoms with Gasteiger partial charge < -0.3 is 15.5 Å². The Morgan fingerprint density at radius 1 is 1.15 bits per heavy atom. The first-order valence-electron chi connectivity index (χ1n) is 10.2. The van der Waals surface area contributed by atoms with Crippen molar-refractivity contribution in [1.82, 2.24) is 15.5 Å². The van der Waals surface area contributed by atoms with Gasteiger partial charge in [0.05, 0.1) is 6.54 Å². The number of rotatable bonds is 4. The minimum atomic E-state index is 0.0738. The summed E-state index contributed by atoms with van der Waals surface area (Å²) in [5.74, 6) is 0.900. The van der Waals surface area contributed by atoms with Crippen molar-refractivity contribution in [2.75, 3.05) is 26.7 Å². The third kappa shape index (κ3) is 6.12. The monoisotopic (exact) mass is 368 g/mol. The smallest absolute Gasteiger partial charge is 0.239 e. The maximum Gasteiger partial charge on any atom is 0.239 e. The third-order valence-corrected chi connectivity index (χ3v) is 5.46. The number of guanidine groups is 1. The lowest BCUT2D eigenvalue weighted by molar-refractivity contribution is -0.120. The van der Waals surface area contributed by atoms with Gasteiger partial charge in [-0.1, -0.05) is 61.2 Å². The second-order valence-corrected chi connectivity index (χ2v) is 7.50. The summed E-state index contributed by atoms with van der Waals surface area (Å²) >= 11 is 0. The number of piperidine rings is 1. The van der Waals surface area contributed by atoms with Crippen molar-refractivity contribution < 1.29 is 4.79 Å². The topological polar surface area (TPSA) is 56.7 Å². The minimum absolute atomic E-state index is 0.0738. The molecule has 1 aromatic carbocycles. The van der Waals surface area contributed by atoms with Crippen molar-refractivity contribution in [2.24, 2.45) is 4.99 Å². The summed E-state index contributed by atoms with van der Waals surface area (Å²) in [5, 5.41) is 6.39. The number of nitrogens with one attached hydrogen (secondary N) is 2. The van der Waals surface area contributed by atoms with E-state index < -0.39 is 0 Å². The van der Waals surface area contributed by atoms with Crippen molar-refractivity contribution >= 4 is 17.9 Å². The van der Waals surface area contributed by atoms with Crippen LogP contribution in [0.3, 0.4) is 0 Å². The predicted octanol–water partition coefficient (Wildman–Crippen LogP) is 3.19. The maximum atomic E-state index is 12.2. The van der Waals surface area contributed by atoms with Crippen LogP contribution in [0.15, 0.2) is 40.9 Å². The van der Waals surface area contributed by atoms with Gasteiger partial charge in [-0.15, -0.1) is 0 Å². The van der Waals surface area contributed by atoms with Crippen LogP contribution in [0.1, 0.15) is 50.5 Å². The highest BCUT2D eigenvalue weighted by Gasteiger charge is 2.19. The normalized spacial score (nSPS) is 18.9. The Bertz CT molecular complexity index is 652. The second kappa shape index (κ2) is 10.1. The van der Waals surface area contributed by atoms with Crippen molar-refractivity contribution in [3.05, 3.63) is 41.5 Å². The molecule has 3 rings (SSSR count). The number of hydrogen-bond acceptors (Lipinski definition) is 2. The summed E-state index contributed by atoms with van der Waals surface area (Å²) in [4.78, 5) is 18.8. The lowest BCUT2D eigenvalue weighted by Crippen LogP contribution is -2.48. The molecule has 1 saturated heterocycles. The van der Waals surface area contributed by atoms with Gasteiger partial charge in [0.1, 0.15) is 0 Å². The maximum absolute atomic E-state index is 12.2. The van der Waals surface area contributed by atoms with E-state index in [9.17, 15) is 4.79 Å². The molecule has 1 aromatic rings. The quantitative estimate of drug-likeness (QED) is 0.634. The molecule has 5 nitrogen and oxygen atoms in total. The SMILES string of the molecule is CN=C(NCC(=O)NC1CCCCC1)N1CCC(=Cc2ccccc2)CC1. The van der Waals surface area contributed by atoms with Crippen LogP contribution in [-0.4, -0.2) is 49.5 Å². The molecule has 0 unspecified atom stereocenters. The highest BCUT2D eigenvalue weighted by molar-refractivity contribution is 5.86. The third-order valence-electron chi connectivity index (χ3n) is 5.46. The summed E-state index contributed by atoms with van der Waals surface area (Å²) in [7, 11) is 1.79. The molecule has 1 aliphatic heterocycles. The fourth-order valence-corrected chi connectivity index (χ4v) is 3.95. The molecule has 146 valence electrons. The van der Waals surface area contributed by atoms with Crippen molar-refractivity contribution in [2.45, 2.75) is 51.0 Å². The summed E-state index contributed by atoms with van der Waals surface area (Å²) in [6.45, 7) is 2.16. The number of amides is 1. The molecule has 0 spiro atoms. The molecular formula is C22H32N4O. The standard InChI is InChI=1S/C22H32N4O/c1-23-22(24-17-21(27)25-20-10-6-3-7-11-20)26-14-12-19(13-15-26)16-18-8-4-2-5-9-18/h2,4-5,8-9,16,20H,3,6-7,10-15,17H2,1H3,(H,23,24)(H,25,27). The summed E-state index contributed by atoms with van der Waals surface area (Å²) in [6, 6.07) is 10.8. The molecule has 1 amide bonds. The molecule has 27 heavy (non-hydrogen) atoms. The first-order valence-corrected chi connectivity index (χ1v) is 10.2. The van der Waals surface area contributed by atoms with Gasteiger partial charge in [-0.05, 0) is 31.2 Å². The largest absolute Gasteiger partial charge is 0.352 e. The number of likely N-dealkylation sites (tertiary alicyclic amines) is 1. The molecular weight excluding hydrogens is 336 g/mol. The van der Waals surface area contributed by atoms with Gasteiger partial charge in [0, 0.05) is 26.2 Å². The molecule has 5 heteroatoms. The zero-order chi connectivity index (χ0) is 18.9. The van der Waals surface area contributed by atoms with Crippen molar-refractivity contribution in [1.29, 1.82) is 0 Å².